The topological polar surface area (TPSA) is 66.5 Å². The van der Waals surface area contributed by atoms with Crippen LogP contribution in [-0.2, 0) is 10.0 Å². The minimum Gasteiger partial charge on any atom is -0.339 e. The molecule has 5 nitrogen and oxygen atoms in total. The molecule has 0 atom stereocenters. The van der Waals surface area contributed by atoms with E-state index in [1.165, 1.54) is 12.1 Å². The Morgan fingerprint density at radius 1 is 1.32 bits per heavy atom. The van der Waals surface area contributed by atoms with Crippen molar-refractivity contribution >= 4 is 15.9 Å². The summed E-state index contributed by atoms with van der Waals surface area (Å²) in [6.45, 7) is 5.01. The molecule has 2 rings (SSSR count). The fourth-order valence-electron chi connectivity index (χ4n) is 1.88. The molecule has 1 aromatic carbocycles. The zero-order valence-corrected chi connectivity index (χ0v) is 11.9. The molecule has 19 heavy (non-hydrogen) atoms. The summed E-state index contributed by atoms with van der Waals surface area (Å²) in [5, 5.41) is 0. The van der Waals surface area contributed by atoms with Gasteiger partial charge in [-0.2, -0.15) is 0 Å². The highest BCUT2D eigenvalue weighted by atomic mass is 32.2. The fourth-order valence-corrected chi connectivity index (χ4v) is 3.17. The van der Waals surface area contributed by atoms with Crippen molar-refractivity contribution in [2.45, 2.75) is 31.2 Å². The Kier molecular flexibility index (Phi) is 3.91. The maximum atomic E-state index is 12.0. The van der Waals surface area contributed by atoms with Gasteiger partial charge in [0.15, 0.2) is 0 Å². The van der Waals surface area contributed by atoms with E-state index in [0.29, 0.717) is 5.56 Å². The van der Waals surface area contributed by atoms with E-state index in [0.717, 1.165) is 19.5 Å². The molecule has 0 saturated carbocycles. The monoisotopic (exact) mass is 282 g/mol. The van der Waals surface area contributed by atoms with Gasteiger partial charge in [0.05, 0.1) is 4.90 Å². The lowest BCUT2D eigenvalue weighted by atomic mass is 10.1. The molecule has 1 saturated heterocycles. The highest BCUT2D eigenvalue weighted by Crippen LogP contribution is 2.16. The van der Waals surface area contributed by atoms with E-state index in [9.17, 15) is 13.2 Å². The average Bonchev–Trinajstić information content (AvgIpc) is 2.25. The molecule has 0 bridgehead atoms. The highest BCUT2D eigenvalue weighted by Gasteiger charge is 2.23. The predicted octanol–water partition coefficient (Wildman–Crippen LogP) is 1.22. The minimum absolute atomic E-state index is 0.104. The summed E-state index contributed by atoms with van der Waals surface area (Å²) < 4.78 is 26.6. The third-order valence-corrected chi connectivity index (χ3v) is 4.58. The van der Waals surface area contributed by atoms with Crippen LogP contribution in [0.5, 0.6) is 0 Å². The lowest BCUT2D eigenvalue weighted by Crippen LogP contribution is -2.42. The summed E-state index contributed by atoms with van der Waals surface area (Å²) in [5.41, 5.74) is 0.423. The van der Waals surface area contributed by atoms with E-state index in [1.54, 1.807) is 30.9 Å². The van der Waals surface area contributed by atoms with Gasteiger partial charge in [0.1, 0.15) is 0 Å². The van der Waals surface area contributed by atoms with Crippen LogP contribution in [0.1, 0.15) is 30.6 Å². The number of sulfonamides is 1. The van der Waals surface area contributed by atoms with Crippen LogP contribution in [0.4, 0.5) is 0 Å². The van der Waals surface area contributed by atoms with Gasteiger partial charge in [0.2, 0.25) is 10.0 Å². The van der Waals surface area contributed by atoms with E-state index < -0.39 is 10.0 Å². The molecule has 1 amide bonds. The standard InChI is InChI=1S/C13H18N2O3S/c1-10(2)14-19(17,18)12-6-3-5-11(9-12)13(16)15-7-4-8-15/h3,5-6,9-10,14H,4,7-8H2,1-2H3. The molecule has 0 aromatic heterocycles. The van der Waals surface area contributed by atoms with E-state index >= 15 is 0 Å². The quantitative estimate of drug-likeness (QED) is 0.903. The lowest BCUT2D eigenvalue weighted by Gasteiger charge is -2.31. The van der Waals surface area contributed by atoms with Crippen molar-refractivity contribution in [1.82, 2.24) is 9.62 Å². The first-order valence-corrected chi connectivity index (χ1v) is 7.80. The molecule has 1 N–H and O–H groups in total. The van der Waals surface area contributed by atoms with Crippen LogP contribution in [0.3, 0.4) is 0 Å². The number of benzene rings is 1. The number of carbonyl (C=O) groups excluding carboxylic acids is 1. The van der Waals surface area contributed by atoms with Gasteiger partial charge < -0.3 is 4.90 Å². The average molecular weight is 282 g/mol. The molecule has 6 heteroatoms. The first kappa shape index (κ1) is 14.0. The van der Waals surface area contributed by atoms with Crippen molar-refractivity contribution in [3.63, 3.8) is 0 Å². The minimum atomic E-state index is -3.55. The van der Waals surface area contributed by atoms with Gasteiger partial charge in [-0.25, -0.2) is 13.1 Å². The molecule has 104 valence electrons. The predicted molar refractivity (Wildman–Crippen MR) is 72.4 cm³/mol. The second-order valence-corrected chi connectivity index (χ2v) is 6.66. The van der Waals surface area contributed by atoms with Crippen molar-refractivity contribution in [2.75, 3.05) is 13.1 Å². The van der Waals surface area contributed by atoms with Crippen LogP contribution in [0.2, 0.25) is 0 Å². The van der Waals surface area contributed by atoms with Gasteiger partial charge in [-0.3, -0.25) is 4.79 Å². The maximum Gasteiger partial charge on any atom is 0.253 e. The van der Waals surface area contributed by atoms with Gasteiger partial charge in [0, 0.05) is 24.7 Å². The van der Waals surface area contributed by atoms with Crippen LogP contribution in [0.25, 0.3) is 0 Å². The van der Waals surface area contributed by atoms with Crippen molar-refractivity contribution < 1.29 is 13.2 Å². The highest BCUT2D eigenvalue weighted by molar-refractivity contribution is 7.89. The van der Waals surface area contributed by atoms with E-state index in [1.807, 2.05) is 0 Å². The molecule has 1 aliphatic rings. The number of likely N-dealkylation sites (tertiary alicyclic amines) is 1. The summed E-state index contributed by atoms with van der Waals surface area (Å²) in [5.74, 6) is -0.104. The van der Waals surface area contributed by atoms with Crippen molar-refractivity contribution in [1.29, 1.82) is 0 Å². The normalized spacial score (nSPS) is 15.4. The Morgan fingerprint density at radius 2 is 2.00 bits per heavy atom. The molecule has 0 unspecified atom stereocenters. The molecule has 0 radical (unpaired) electrons. The number of hydrogen-bond acceptors (Lipinski definition) is 3. The summed E-state index contributed by atoms with van der Waals surface area (Å²) in [6, 6.07) is 6.00. The number of amides is 1. The van der Waals surface area contributed by atoms with E-state index in [4.69, 9.17) is 0 Å². The zero-order chi connectivity index (χ0) is 14.0. The van der Waals surface area contributed by atoms with Crippen LogP contribution in [-0.4, -0.2) is 38.4 Å². The van der Waals surface area contributed by atoms with Gasteiger partial charge in [-0.15, -0.1) is 0 Å². The first-order valence-electron chi connectivity index (χ1n) is 6.32. The summed E-state index contributed by atoms with van der Waals surface area (Å²) in [4.78, 5) is 13.9. The van der Waals surface area contributed by atoms with Crippen molar-refractivity contribution in [2.24, 2.45) is 0 Å². The van der Waals surface area contributed by atoms with Crippen LogP contribution >= 0.6 is 0 Å². The second-order valence-electron chi connectivity index (χ2n) is 4.95. The van der Waals surface area contributed by atoms with Crippen LogP contribution in [0, 0.1) is 0 Å². The van der Waals surface area contributed by atoms with E-state index in [-0.39, 0.29) is 16.8 Å². The van der Waals surface area contributed by atoms with Crippen LogP contribution < -0.4 is 4.72 Å². The molecular formula is C13H18N2O3S. The molecule has 0 aliphatic carbocycles. The molecule has 1 fully saturated rings. The number of nitrogens with one attached hydrogen (secondary N) is 1. The third-order valence-electron chi connectivity index (χ3n) is 2.93. The smallest absolute Gasteiger partial charge is 0.253 e. The summed E-state index contributed by atoms with van der Waals surface area (Å²) in [6.07, 6.45) is 1.01. The zero-order valence-electron chi connectivity index (χ0n) is 11.1. The number of rotatable bonds is 4. The van der Waals surface area contributed by atoms with Gasteiger partial charge in [0.25, 0.3) is 5.91 Å². The maximum absolute atomic E-state index is 12.0. The summed E-state index contributed by atoms with van der Waals surface area (Å²) >= 11 is 0. The summed E-state index contributed by atoms with van der Waals surface area (Å²) in [7, 11) is -3.55. The number of nitrogens with zero attached hydrogens (tertiary/aromatic N) is 1. The Morgan fingerprint density at radius 3 is 2.53 bits per heavy atom. The van der Waals surface area contributed by atoms with Crippen molar-refractivity contribution in [3.8, 4) is 0 Å². The van der Waals surface area contributed by atoms with Gasteiger partial charge in [-0.05, 0) is 38.5 Å². The van der Waals surface area contributed by atoms with E-state index in [2.05, 4.69) is 4.72 Å². The molecule has 0 spiro atoms. The molecule has 1 aliphatic heterocycles. The molecule has 1 aromatic rings. The fraction of sp³-hybridized carbons (Fsp3) is 0.462. The SMILES string of the molecule is CC(C)NS(=O)(=O)c1cccc(C(=O)N2CCC2)c1. The largest absolute Gasteiger partial charge is 0.339 e. The molecular weight excluding hydrogens is 264 g/mol. The van der Waals surface area contributed by atoms with Crippen LogP contribution in [0.15, 0.2) is 29.2 Å². The number of hydrogen-bond donors (Lipinski definition) is 1. The Hall–Kier alpha value is -1.40. The molecule has 1 heterocycles. The lowest BCUT2D eigenvalue weighted by molar-refractivity contribution is 0.0651. The third kappa shape index (κ3) is 3.13. The van der Waals surface area contributed by atoms with Crippen molar-refractivity contribution in [3.05, 3.63) is 29.8 Å². The Balaban J connectivity index is 2.26. The number of carbonyl (C=O) groups is 1. The second kappa shape index (κ2) is 5.30. The Labute approximate surface area is 113 Å². The van der Waals surface area contributed by atoms with Gasteiger partial charge >= 0.3 is 0 Å². The first-order chi connectivity index (χ1) is 8.90. The Bertz CT molecular complexity index is 577. The van der Waals surface area contributed by atoms with Gasteiger partial charge in [-0.1, -0.05) is 6.07 Å².